The van der Waals surface area contributed by atoms with Gasteiger partial charge in [0, 0.05) is 12.5 Å². The van der Waals surface area contributed by atoms with E-state index in [2.05, 4.69) is 10.3 Å². The summed E-state index contributed by atoms with van der Waals surface area (Å²) in [5.41, 5.74) is 0.344. The number of unbranched alkanes of at least 4 members (excludes halogenated alkanes) is 2. The zero-order valence-corrected chi connectivity index (χ0v) is 13.5. The van der Waals surface area contributed by atoms with Crippen LogP contribution in [0.15, 0.2) is 35.4 Å². The van der Waals surface area contributed by atoms with Crippen molar-refractivity contribution in [3.05, 3.63) is 40.9 Å². The van der Waals surface area contributed by atoms with Gasteiger partial charge in [-0.15, -0.1) is 0 Å². The van der Waals surface area contributed by atoms with Crippen molar-refractivity contribution in [2.45, 2.75) is 38.6 Å². The number of fused-ring (bicyclic) bond motifs is 1. The monoisotopic (exact) mass is 330 g/mol. The summed E-state index contributed by atoms with van der Waals surface area (Å²) in [6, 6.07) is 6.32. The number of carboxylic acid groups (broad SMARTS) is 1. The first kappa shape index (κ1) is 17.7. The molecule has 0 saturated heterocycles. The molecule has 1 aromatic heterocycles. The number of carboxylic acids is 1. The maximum Gasteiger partial charge on any atom is 0.261 e. The third kappa shape index (κ3) is 4.41. The topological polar surface area (TPSA) is 104 Å². The third-order valence-electron chi connectivity index (χ3n) is 3.84. The van der Waals surface area contributed by atoms with E-state index in [4.69, 9.17) is 0 Å². The number of rotatable bonds is 8. The van der Waals surface area contributed by atoms with Crippen LogP contribution in [0.1, 0.15) is 38.6 Å². The van der Waals surface area contributed by atoms with Crippen LogP contribution in [0.5, 0.6) is 0 Å². The highest BCUT2D eigenvalue weighted by Crippen LogP contribution is 2.08. The largest absolute Gasteiger partial charge is 0.550 e. The Hall–Kier alpha value is -2.70. The van der Waals surface area contributed by atoms with E-state index in [9.17, 15) is 19.5 Å². The highest BCUT2D eigenvalue weighted by atomic mass is 16.4. The van der Waals surface area contributed by atoms with Crippen LogP contribution in [0, 0.1) is 0 Å². The molecule has 1 amide bonds. The molecule has 0 spiro atoms. The Bertz CT molecular complexity index is 785. The molecule has 1 heterocycles. The molecule has 1 atom stereocenters. The molecule has 0 aliphatic heterocycles. The number of nitrogens with one attached hydrogen (secondary N) is 1. The summed E-state index contributed by atoms with van der Waals surface area (Å²) in [6.45, 7) is 2.08. The number of carbonyl (C=O) groups excluding carboxylic acids is 2. The number of benzene rings is 1. The lowest BCUT2D eigenvalue weighted by Crippen LogP contribution is -2.36. The van der Waals surface area contributed by atoms with Crippen LogP contribution in [-0.4, -0.2) is 28.0 Å². The maximum absolute atomic E-state index is 12.4. The van der Waals surface area contributed by atoms with Crippen molar-refractivity contribution in [1.29, 1.82) is 0 Å². The molecule has 0 aliphatic carbocycles. The minimum atomic E-state index is -1.06. The molecule has 1 N–H and O–H groups in total. The average Bonchev–Trinajstić information content (AvgIpc) is 2.57. The van der Waals surface area contributed by atoms with Crippen molar-refractivity contribution in [2.24, 2.45) is 0 Å². The number of nitrogens with zero attached hydrogens (tertiary/aromatic N) is 2. The Morgan fingerprint density at radius 3 is 2.75 bits per heavy atom. The van der Waals surface area contributed by atoms with Gasteiger partial charge in [0.25, 0.3) is 5.56 Å². The van der Waals surface area contributed by atoms with Gasteiger partial charge in [-0.2, -0.15) is 0 Å². The van der Waals surface area contributed by atoms with E-state index in [-0.39, 0.29) is 17.9 Å². The van der Waals surface area contributed by atoms with E-state index >= 15 is 0 Å². The fourth-order valence-corrected chi connectivity index (χ4v) is 2.42. The second-order valence-electron chi connectivity index (χ2n) is 5.62. The van der Waals surface area contributed by atoms with Gasteiger partial charge in [-0.05, 0) is 38.3 Å². The van der Waals surface area contributed by atoms with Gasteiger partial charge in [-0.1, -0.05) is 18.6 Å². The predicted octanol–water partition coefficient (Wildman–Crippen LogP) is 0.384. The van der Waals surface area contributed by atoms with Crippen molar-refractivity contribution in [1.82, 2.24) is 14.9 Å². The number of amides is 1. The molecule has 7 nitrogen and oxygen atoms in total. The van der Waals surface area contributed by atoms with Crippen molar-refractivity contribution in [3.8, 4) is 0 Å². The third-order valence-corrected chi connectivity index (χ3v) is 3.84. The Morgan fingerprint density at radius 2 is 2.00 bits per heavy atom. The number of carbonyl (C=O) groups is 2. The first-order valence-corrected chi connectivity index (χ1v) is 7.94. The lowest BCUT2D eigenvalue weighted by molar-refractivity contribution is -0.305. The Balaban J connectivity index is 1.92. The van der Waals surface area contributed by atoms with E-state index < -0.39 is 12.0 Å². The molecule has 0 bridgehead atoms. The van der Waals surface area contributed by atoms with Gasteiger partial charge in [0.15, 0.2) is 0 Å². The van der Waals surface area contributed by atoms with Crippen LogP contribution < -0.4 is 16.0 Å². The zero-order chi connectivity index (χ0) is 17.5. The molecule has 7 heteroatoms. The molecule has 0 radical (unpaired) electrons. The number of hydrogen-bond acceptors (Lipinski definition) is 5. The van der Waals surface area contributed by atoms with Crippen molar-refractivity contribution in [2.75, 3.05) is 6.54 Å². The normalized spacial score (nSPS) is 12.0. The summed E-state index contributed by atoms with van der Waals surface area (Å²) in [6.07, 6.45) is 3.32. The minimum Gasteiger partial charge on any atom is -0.550 e. The van der Waals surface area contributed by atoms with Crippen LogP contribution in [0.4, 0.5) is 0 Å². The summed E-state index contributed by atoms with van der Waals surface area (Å²) < 4.78 is 1.31. The smallest absolute Gasteiger partial charge is 0.261 e. The highest BCUT2D eigenvalue weighted by molar-refractivity contribution is 5.81. The first-order valence-electron chi connectivity index (χ1n) is 7.94. The minimum absolute atomic E-state index is 0.0303. The van der Waals surface area contributed by atoms with Gasteiger partial charge in [0.1, 0.15) is 6.04 Å². The fourth-order valence-electron chi connectivity index (χ4n) is 2.42. The van der Waals surface area contributed by atoms with E-state index in [0.29, 0.717) is 36.7 Å². The molecule has 128 valence electrons. The molecule has 24 heavy (non-hydrogen) atoms. The number of aliphatic carboxylic acids is 1. The summed E-state index contributed by atoms with van der Waals surface area (Å²) in [5.74, 6) is -1.33. The second kappa shape index (κ2) is 8.24. The average molecular weight is 330 g/mol. The highest BCUT2D eigenvalue weighted by Gasteiger charge is 2.16. The zero-order valence-electron chi connectivity index (χ0n) is 13.5. The van der Waals surface area contributed by atoms with Crippen LogP contribution >= 0.6 is 0 Å². The van der Waals surface area contributed by atoms with Crippen molar-refractivity contribution in [3.63, 3.8) is 0 Å². The van der Waals surface area contributed by atoms with Gasteiger partial charge in [0.05, 0.1) is 17.2 Å². The molecule has 0 unspecified atom stereocenters. The van der Waals surface area contributed by atoms with E-state index in [1.54, 1.807) is 31.2 Å². The lowest BCUT2D eigenvalue weighted by atomic mass is 10.2. The fraction of sp³-hybridized carbons (Fsp3) is 0.412. The molecule has 2 aromatic rings. The Morgan fingerprint density at radius 1 is 1.25 bits per heavy atom. The van der Waals surface area contributed by atoms with Crippen LogP contribution in [0.3, 0.4) is 0 Å². The van der Waals surface area contributed by atoms with Gasteiger partial charge in [0.2, 0.25) is 5.91 Å². The summed E-state index contributed by atoms with van der Waals surface area (Å²) >= 11 is 0. The molecular formula is C17H20N3O4-. The molecule has 0 fully saturated rings. The maximum atomic E-state index is 12.4. The Kier molecular flexibility index (Phi) is 6.06. The number of aromatic nitrogens is 2. The van der Waals surface area contributed by atoms with E-state index in [1.807, 2.05) is 0 Å². The van der Waals surface area contributed by atoms with E-state index in [1.165, 1.54) is 10.9 Å². The SMILES string of the molecule is C[C@@H](C(=O)NCCCCCC(=O)[O-])n1cnc2ccccc2c1=O. The van der Waals surface area contributed by atoms with Gasteiger partial charge in [-0.3, -0.25) is 14.2 Å². The molecule has 2 rings (SSSR count). The van der Waals surface area contributed by atoms with Crippen LogP contribution in [0.25, 0.3) is 10.9 Å². The summed E-state index contributed by atoms with van der Waals surface area (Å²) in [5, 5.41) is 13.5. The first-order chi connectivity index (χ1) is 11.5. The van der Waals surface area contributed by atoms with Gasteiger partial charge in [-0.25, -0.2) is 4.98 Å². The van der Waals surface area contributed by atoms with Crippen LogP contribution in [-0.2, 0) is 9.59 Å². The molecule has 0 aliphatic rings. The summed E-state index contributed by atoms with van der Waals surface area (Å²) in [4.78, 5) is 39.1. The van der Waals surface area contributed by atoms with Crippen molar-refractivity contribution >= 4 is 22.8 Å². The Labute approximate surface area is 139 Å². The predicted molar refractivity (Wildman–Crippen MR) is 87.2 cm³/mol. The summed E-state index contributed by atoms with van der Waals surface area (Å²) in [7, 11) is 0. The molecular weight excluding hydrogens is 310 g/mol. The quantitative estimate of drug-likeness (QED) is 0.705. The number of hydrogen-bond donors (Lipinski definition) is 1. The number of para-hydroxylation sites is 1. The van der Waals surface area contributed by atoms with Crippen LogP contribution in [0.2, 0.25) is 0 Å². The lowest BCUT2D eigenvalue weighted by Gasteiger charge is -2.15. The van der Waals surface area contributed by atoms with E-state index in [0.717, 1.165) is 0 Å². The standard InChI is InChI=1S/C17H21N3O4/c1-12(16(23)18-10-6-2-3-9-15(21)22)20-11-19-14-8-5-4-7-13(14)17(20)24/h4-5,7-8,11-12H,2-3,6,9-10H2,1H3,(H,18,23)(H,21,22)/p-1/t12-/m0/s1. The molecule has 0 saturated carbocycles. The van der Waals surface area contributed by atoms with Gasteiger partial charge >= 0.3 is 0 Å². The van der Waals surface area contributed by atoms with Crippen molar-refractivity contribution < 1.29 is 14.7 Å². The molecule has 1 aromatic carbocycles. The second-order valence-corrected chi connectivity index (χ2v) is 5.62. The van der Waals surface area contributed by atoms with Gasteiger partial charge < -0.3 is 15.2 Å².